The summed E-state index contributed by atoms with van der Waals surface area (Å²) in [7, 11) is 0. The number of aromatic nitrogens is 2. The molecule has 2 heterocycles. The summed E-state index contributed by atoms with van der Waals surface area (Å²) in [5, 5.41) is 8.96. The molecule has 0 saturated heterocycles. The third kappa shape index (κ3) is 2.85. The van der Waals surface area contributed by atoms with E-state index < -0.39 is 0 Å². The first-order valence-electron chi connectivity index (χ1n) is 8.04. The van der Waals surface area contributed by atoms with E-state index >= 15 is 0 Å². The van der Waals surface area contributed by atoms with Gasteiger partial charge >= 0.3 is 0 Å². The van der Waals surface area contributed by atoms with Crippen LogP contribution in [0.25, 0.3) is 5.52 Å². The SMILES string of the molecule is Cc1cc(C)c(COc2cccn3c(CC#N)nc(C)c23)c(C)c1. The lowest BCUT2D eigenvalue weighted by atomic mass is 10.0. The Labute approximate surface area is 142 Å². The van der Waals surface area contributed by atoms with Crippen LogP contribution in [0.3, 0.4) is 0 Å². The van der Waals surface area contributed by atoms with Gasteiger partial charge in [-0.25, -0.2) is 4.98 Å². The summed E-state index contributed by atoms with van der Waals surface area (Å²) in [6.45, 7) is 8.82. The van der Waals surface area contributed by atoms with Gasteiger partial charge in [0.05, 0.1) is 18.2 Å². The number of fused-ring (bicyclic) bond motifs is 1. The Morgan fingerprint density at radius 2 is 1.88 bits per heavy atom. The maximum atomic E-state index is 8.96. The number of hydrogen-bond donors (Lipinski definition) is 0. The molecule has 4 nitrogen and oxygen atoms in total. The minimum absolute atomic E-state index is 0.286. The van der Waals surface area contributed by atoms with Gasteiger partial charge in [0.25, 0.3) is 0 Å². The molecule has 3 aromatic rings. The second-order valence-electron chi connectivity index (χ2n) is 6.21. The molecule has 2 aromatic heterocycles. The minimum atomic E-state index is 0.286. The van der Waals surface area contributed by atoms with E-state index in [1.807, 2.05) is 29.7 Å². The van der Waals surface area contributed by atoms with Gasteiger partial charge in [0, 0.05) is 6.20 Å². The zero-order valence-corrected chi connectivity index (χ0v) is 14.6. The van der Waals surface area contributed by atoms with Crippen molar-refractivity contribution in [1.29, 1.82) is 5.26 Å². The molecule has 0 amide bonds. The lowest BCUT2D eigenvalue weighted by Crippen LogP contribution is -2.03. The Balaban J connectivity index is 1.96. The van der Waals surface area contributed by atoms with E-state index in [1.54, 1.807) is 0 Å². The molecule has 0 spiro atoms. The Morgan fingerprint density at radius 1 is 1.17 bits per heavy atom. The highest BCUT2D eigenvalue weighted by Crippen LogP contribution is 2.26. The van der Waals surface area contributed by atoms with E-state index in [4.69, 9.17) is 10.00 Å². The van der Waals surface area contributed by atoms with E-state index in [-0.39, 0.29) is 6.42 Å². The molecule has 0 saturated carbocycles. The molecule has 122 valence electrons. The molecule has 0 N–H and O–H groups in total. The predicted octanol–water partition coefficient (Wildman–Crippen LogP) is 4.21. The highest BCUT2D eigenvalue weighted by molar-refractivity contribution is 5.64. The van der Waals surface area contributed by atoms with E-state index in [0.717, 1.165) is 22.8 Å². The van der Waals surface area contributed by atoms with Crippen molar-refractivity contribution in [2.45, 2.75) is 40.7 Å². The van der Waals surface area contributed by atoms with E-state index in [2.05, 4.69) is 44.0 Å². The molecule has 0 radical (unpaired) electrons. The largest absolute Gasteiger partial charge is 0.487 e. The highest BCUT2D eigenvalue weighted by atomic mass is 16.5. The number of benzene rings is 1. The van der Waals surface area contributed by atoms with Gasteiger partial charge in [0.1, 0.15) is 23.7 Å². The molecule has 0 bridgehead atoms. The van der Waals surface area contributed by atoms with Gasteiger partial charge < -0.3 is 4.74 Å². The maximum Gasteiger partial charge on any atom is 0.145 e. The van der Waals surface area contributed by atoms with Crippen molar-refractivity contribution in [1.82, 2.24) is 9.38 Å². The second kappa shape index (κ2) is 6.37. The van der Waals surface area contributed by atoms with Crippen LogP contribution in [0, 0.1) is 39.0 Å². The summed E-state index contributed by atoms with van der Waals surface area (Å²) in [4.78, 5) is 4.50. The molecular formula is C20H21N3O. The summed E-state index contributed by atoms with van der Waals surface area (Å²) < 4.78 is 8.08. The summed E-state index contributed by atoms with van der Waals surface area (Å²) in [5.74, 6) is 1.55. The summed E-state index contributed by atoms with van der Waals surface area (Å²) in [5.41, 5.74) is 6.80. The van der Waals surface area contributed by atoms with Gasteiger partial charge in [-0.05, 0) is 56.5 Å². The van der Waals surface area contributed by atoms with Crippen molar-refractivity contribution < 1.29 is 4.74 Å². The third-order valence-corrected chi connectivity index (χ3v) is 4.32. The number of imidazole rings is 1. The van der Waals surface area contributed by atoms with Gasteiger partial charge in [-0.2, -0.15) is 5.26 Å². The Bertz CT molecular complexity index is 924. The van der Waals surface area contributed by atoms with Gasteiger partial charge in [0.15, 0.2) is 0 Å². The molecule has 0 unspecified atom stereocenters. The standard InChI is InChI=1S/C20H21N3O/c1-13-10-14(2)17(15(3)11-13)12-24-18-6-5-9-23-19(7-8-21)22-16(4)20(18)23/h5-6,9-11H,7,12H2,1-4H3. The number of hydrogen-bond acceptors (Lipinski definition) is 3. The average molecular weight is 319 g/mol. The van der Waals surface area contributed by atoms with Crippen LogP contribution in [-0.2, 0) is 13.0 Å². The fraction of sp³-hybridized carbons (Fsp3) is 0.300. The normalized spacial score (nSPS) is 10.8. The molecule has 0 aliphatic carbocycles. The fourth-order valence-corrected chi connectivity index (χ4v) is 3.26. The van der Waals surface area contributed by atoms with Gasteiger partial charge in [0.2, 0.25) is 0 Å². The van der Waals surface area contributed by atoms with Crippen LogP contribution in [0.5, 0.6) is 5.75 Å². The Morgan fingerprint density at radius 3 is 2.54 bits per heavy atom. The van der Waals surface area contributed by atoms with Crippen LogP contribution in [0.4, 0.5) is 0 Å². The summed E-state index contributed by atoms with van der Waals surface area (Å²) >= 11 is 0. The zero-order chi connectivity index (χ0) is 17.3. The molecule has 0 atom stereocenters. The molecule has 0 fully saturated rings. The smallest absolute Gasteiger partial charge is 0.145 e. The van der Waals surface area contributed by atoms with Crippen LogP contribution >= 0.6 is 0 Å². The van der Waals surface area contributed by atoms with Crippen LogP contribution < -0.4 is 4.74 Å². The van der Waals surface area contributed by atoms with Crippen LogP contribution in [0.15, 0.2) is 30.5 Å². The van der Waals surface area contributed by atoms with E-state index in [0.29, 0.717) is 6.61 Å². The van der Waals surface area contributed by atoms with Gasteiger partial charge in [-0.15, -0.1) is 0 Å². The van der Waals surface area contributed by atoms with Crippen LogP contribution in [0.2, 0.25) is 0 Å². The van der Waals surface area contributed by atoms with E-state index in [1.165, 1.54) is 22.3 Å². The summed E-state index contributed by atoms with van der Waals surface area (Å²) in [6, 6.07) is 10.4. The number of ether oxygens (including phenoxy) is 1. The van der Waals surface area contributed by atoms with Crippen molar-refractivity contribution in [2.75, 3.05) is 0 Å². The molecule has 0 aliphatic rings. The van der Waals surface area contributed by atoms with Crippen LogP contribution in [0.1, 0.15) is 33.8 Å². The number of pyridine rings is 1. The first kappa shape index (κ1) is 16.1. The third-order valence-electron chi connectivity index (χ3n) is 4.32. The second-order valence-corrected chi connectivity index (χ2v) is 6.21. The van der Waals surface area contributed by atoms with Crippen molar-refractivity contribution >= 4 is 5.52 Å². The maximum absolute atomic E-state index is 8.96. The number of nitriles is 1. The first-order valence-corrected chi connectivity index (χ1v) is 8.04. The zero-order valence-electron chi connectivity index (χ0n) is 14.6. The van der Waals surface area contributed by atoms with Crippen molar-refractivity contribution in [2.24, 2.45) is 0 Å². The van der Waals surface area contributed by atoms with Crippen molar-refractivity contribution in [3.63, 3.8) is 0 Å². The molecule has 0 aliphatic heterocycles. The Kier molecular flexibility index (Phi) is 4.26. The average Bonchev–Trinajstić information content (AvgIpc) is 2.84. The molecule has 1 aromatic carbocycles. The monoisotopic (exact) mass is 319 g/mol. The van der Waals surface area contributed by atoms with E-state index in [9.17, 15) is 0 Å². The number of rotatable bonds is 4. The lowest BCUT2D eigenvalue weighted by molar-refractivity contribution is 0.307. The lowest BCUT2D eigenvalue weighted by Gasteiger charge is -2.14. The minimum Gasteiger partial charge on any atom is -0.487 e. The quantitative estimate of drug-likeness (QED) is 0.723. The van der Waals surface area contributed by atoms with Crippen LogP contribution in [-0.4, -0.2) is 9.38 Å². The molecular weight excluding hydrogens is 298 g/mol. The first-order chi connectivity index (χ1) is 11.5. The molecule has 4 heteroatoms. The highest BCUT2D eigenvalue weighted by Gasteiger charge is 2.13. The summed E-state index contributed by atoms with van der Waals surface area (Å²) in [6.07, 6.45) is 2.21. The van der Waals surface area contributed by atoms with Crippen molar-refractivity contribution in [3.05, 3.63) is 64.2 Å². The number of aryl methyl sites for hydroxylation is 4. The molecule has 3 rings (SSSR count). The van der Waals surface area contributed by atoms with Crippen molar-refractivity contribution in [3.8, 4) is 11.8 Å². The number of nitrogens with zero attached hydrogens (tertiary/aromatic N) is 3. The molecule has 24 heavy (non-hydrogen) atoms. The fourth-order valence-electron chi connectivity index (χ4n) is 3.26. The topological polar surface area (TPSA) is 50.3 Å². The predicted molar refractivity (Wildman–Crippen MR) is 94.2 cm³/mol. The Hall–Kier alpha value is -2.80. The van der Waals surface area contributed by atoms with Gasteiger partial charge in [-0.3, -0.25) is 4.40 Å². The van der Waals surface area contributed by atoms with Gasteiger partial charge in [-0.1, -0.05) is 17.7 Å².